The largest absolute Gasteiger partial charge is 0.339 e. The van der Waals surface area contributed by atoms with E-state index in [0.717, 1.165) is 24.2 Å². The summed E-state index contributed by atoms with van der Waals surface area (Å²) in [7, 11) is 0. The number of hydrogen-bond acceptors (Lipinski definition) is 5. The first-order valence-electron chi connectivity index (χ1n) is 10.9. The van der Waals surface area contributed by atoms with Crippen molar-refractivity contribution < 1.29 is 14.8 Å². The Hall–Kier alpha value is -3.18. The van der Waals surface area contributed by atoms with Crippen molar-refractivity contribution in [2.24, 2.45) is 5.73 Å². The molecule has 32 heavy (non-hydrogen) atoms. The third-order valence-corrected chi connectivity index (χ3v) is 4.96. The van der Waals surface area contributed by atoms with Gasteiger partial charge in [-0.2, -0.15) is 0 Å². The number of nitrogens with two attached hydrogens (primary N) is 1. The first kappa shape index (κ1) is 25.1. The molecule has 1 atom stereocenters. The summed E-state index contributed by atoms with van der Waals surface area (Å²) in [4.78, 5) is 23.7. The summed E-state index contributed by atoms with van der Waals surface area (Å²) in [5.41, 5.74) is 10.2. The molecule has 170 valence electrons. The van der Waals surface area contributed by atoms with E-state index in [4.69, 9.17) is 10.9 Å². The molecule has 0 saturated carbocycles. The second-order valence-corrected chi connectivity index (χ2v) is 7.50. The summed E-state index contributed by atoms with van der Waals surface area (Å²) < 4.78 is 0. The summed E-state index contributed by atoms with van der Waals surface area (Å²) >= 11 is 0. The standard InChI is InChI=1S/C25H32N4O3/c1-2-3-4-5-16-27-18-21-10-8-19(9-11-21)6-7-20-12-14-22(15-13-20)24(30)28-23(17-26)25(31)29-32/h8-15,23,27,32H,2-5,16-18,26H2,1H3,(H,28,30)(H,29,31)/t23-/m0/s1. The molecule has 0 saturated heterocycles. The third kappa shape index (κ3) is 8.52. The Labute approximate surface area is 189 Å². The van der Waals surface area contributed by atoms with E-state index in [1.54, 1.807) is 24.3 Å². The monoisotopic (exact) mass is 436 g/mol. The molecule has 2 aromatic rings. The van der Waals surface area contributed by atoms with Crippen LogP contribution in [0.4, 0.5) is 0 Å². The molecule has 2 rings (SSSR count). The molecule has 6 N–H and O–H groups in total. The number of carbonyl (C=O) groups excluding carboxylic acids is 2. The fraction of sp³-hybridized carbons (Fsp3) is 0.360. The van der Waals surface area contributed by atoms with Crippen molar-refractivity contribution in [1.29, 1.82) is 0 Å². The van der Waals surface area contributed by atoms with Crippen LogP contribution in [-0.2, 0) is 11.3 Å². The number of rotatable bonds is 11. The Morgan fingerprint density at radius 3 is 2.16 bits per heavy atom. The van der Waals surface area contributed by atoms with Crippen LogP contribution in [0.15, 0.2) is 48.5 Å². The van der Waals surface area contributed by atoms with Gasteiger partial charge in [-0.3, -0.25) is 14.8 Å². The SMILES string of the molecule is CCCCCCNCc1ccc(C#Cc2ccc(C(=O)N[C@@H](CN)C(=O)NO)cc2)cc1. The lowest BCUT2D eigenvalue weighted by Crippen LogP contribution is -2.50. The van der Waals surface area contributed by atoms with Crippen LogP contribution in [0.2, 0.25) is 0 Å². The molecular formula is C25H32N4O3. The fourth-order valence-corrected chi connectivity index (χ4v) is 3.02. The molecule has 0 spiro atoms. The highest BCUT2D eigenvalue weighted by atomic mass is 16.5. The number of unbranched alkanes of at least 4 members (excludes halogenated alkanes) is 3. The highest BCUT2D eigenvalue weighted by molar-refractivity contribution is 5.97. The number of amides is 2. The van der Waals surface area contributed by atoms with Crippen LogP contribution in [0.5, 0.6) is 0 Å². The van der Waals surface area contributed by atoms with E-state index in [1.807, 2.05) is 12.1 Å². The molecule has 0 radical (unpaired) electrons. The van der Waals surface area contributed by atoms with Crippen LogP contribution in [0.25, 0.3) is 0 Å². The molecule has 0 aliphatic rings. The first-order chi connectivity index (χ1) is 15.6. The highest BCUT2D eigenvalue weighted by Crippen LogP contribution is 2.07. The summed E-state index contributed by atoms with van der Waals surface area (Å²) in [6, 6.07) is 13.9. The number of carbonyl (C=O) groups is 2. The molecule has 7 heteroatoms. The van der Waals surface area contributed by atoms with Crippen LogP contribution in [0, 0.1) is 11.8 Å². The van der Waals surface area contributed by atoms with Gasteiger partial charge in [-0.05, 0) is 54.9 Å². The molecule has 0 aromatic heterocycles. The predicted octanol–water partition coefficient (Wildman–Crippen LogP) is 2.32. The molecule has 7 nitrogen and oxygen atoms in total. The maximum absolute atomic E-state index is 12.2. The molecule has 2 aromatic carbocycles. The van der Waals surface area contributed by atoms with Gasteiger partial charge in [0.15, 0.2) is 0 Å². The minimum atomic E-state index is -1.01. The summed E-state index contributed by atoms with van der Waals surface area (Å²) in [6.07, 6.45) is 5.04. The molecule has 2 amide bonds. The lowest BCUT2D eigenvalue weighted by atomic mass is 10.1. The van der Waals surface area contributed by atoms with E-state index in [9.17, 15) is 9.59 Å². The van der Waals surface area contributed by atoms with E-state index < -0.39 is 17.9 Å². The third-order valence-electron chi connectivity index (χ3n) is 4.96. The Morgan fingerprint density at radius 1 is 0.969 bits per heavy atom. The fourth-order valence-electron chi connectivity index (χ4n) is 3.02. The lowest BCUT2D eigenvalue weighted by molar-refractivity contribution is -0.130. The lowest BCUT2D eigenvalue weighted by Gasteiger charge is -2.14. The van der Waals surface area contributed by atoms with Gasteiger partial charge in [-0.15, -0.1) is 0 Å². The topological polar surface area (TPSA) is 116 Å². The Kier molecular flexibility index (Phi) is 11.0. The first-order valence-corrected chi connectivity index (χ1v) is 10.9. The Morgan fingerprint density at radius 2 is 1.59 bits per heavy atom. The maximum Gasteiger partial charge on any atom is 0.267 e. The molecule has 0 aliphatic carbocycles. The zero-order valence-corrected chi connectivity index (χ0v) is 18.5. The minimum absolute atomic E-state index is 0.129. The summed E-state index contributed by atoms with van der Waals surface area (Å²) in [5.74, 6) is 4.98. The molecule has 0 heterocycles. The molecule has 0 fully saturated rings. The predicted molar refractivity (Wildman–Crippen MR) is 125 cm³/mol. The van der Waals surface area contributed by atoms with Gasteiger partial charge in [0.05, 0.1) is 0 Å². The van der Waals surface area contributed by atoms with Crippen LogP contribution < -0.4 is 21.8 Å². The van der Waals surface area contributed by atoms with E-state index in [2.05, 4.69) is 41.5 Å². The average Bonchev–Trinajstić information content (AvgIpc) is 2.83. The van der Waals surface area contributed by atoms with Crippen molar-refractivity contribution >= 4 is 11.8 Å². The Bertz CT molecular complexity index is 915. The van der Waals surface area contributed by atoms with Gasteiger partial charge in [0.25, 0.3) is 11.8 Å². The molecule has 0 unspecified atom stereocenters. The normalized spacial score (nSPS) is 11.2. The molecule has 0 aliphatic heterocycles. The van der Waals surface area contributed by atoms with Crippen LogP contribution in [-0.4, -0.2) is 36.2 Å². The van der Waals surface area contributed by atoms with Crippen LogP contribution >= 0.6 is 0 Å². The van der Waals surface area contributed by atoms with E-state index >= 15 is 0 Å². The molecule has 0 bridgehead atoms. The minimum Gasteiger partial charge on any atom is -0.339 e. The molecular weight excluding hydrogens is 404 g/mol. The van der Waals surface area contributed by atoms with Crippen molar-refractivity contribution in [3.63, 3.8) is 0 Å². The van der Waals surface area contributed by atoms with Gasteiger partial charge < -0.3 is 16.4 Å². The van der Waals surface area contributed by atoms with Crippen molar-refractivity contribution in [2.45, 2.75) is 45.2 Å². The second kappa shape index (κ2) is 14.0. The average molecular weight is 437 g/mol. The number of nitrogens with one attached hydrogen (secondary N) is 3. The highest BCUT2D eigenvalue weighted by Gasteiger charge is 2.19. The van der Waals surface area contributed by atoms with Crippen LogP contribution in [0.1, 0.15) is 59.7 Å². The van der Waals surface area contributed by atoms with Gasteiger partial charge in [0.2, 0.25) is 0 Å². The number of hydroxylamine groups is 1. The van der Waals surface area contributed by atoms with Crippen molar-refractivity contribution in [2.75, 3.05) is 13.1 Å². The van der Waals surface area contributed by atoms with Crippen molar-refractivity contribution in [3.05, 3.63) is 70.8 Å². The summed E-state index contributed by atoms with van der Waals surface area (Å²) in [6.45, 7) is 3.98. The van der Waals surface area contributed by atoms with Crippen molar-refractivity contribution in [1.82, 2.24) is 16.1 Å². The van der Waals surface area contributed by atoms with Gasteiger partial charge >= 0.3 is 0 Å². The maximum atomic E-state index is 12.2. The number of benzene rings is 2. The number of hydrogen-bond donors (Lipinski definition) is 5. The van der Waals surface area contributed by atoms with Gasteiger partial charge in [-0.1, -0.05) is 50.2 Å². The smallest absolute Gasteiger partial charge is 0.267 e. The van der Waals surface area contributed by atoms with E-state index in [0.29, 0.717) is 5.56 Å². The quantitative estimate of drug-likeness (QED) is 0.160. The van der Waals surface area contributed by atoms with Crippen molar-refractivity contribution in [3.8, 4) is 11.8 Å². The van der Waals surface area contributed by atoms with Gasteiger partial charge in [-0.25, -0.2) is 5.48 Å². The van der Waals surface area contributed by atoms with Gasteiger partial charge in [0, 0.05) is 29.8 Å². The van der Waals surface area contributed by atoms with Gasteiger partial charge in [0.1, 0.15) is 6.04 Å². The Balaban J connectivity index is 1.87. The van der Waals surface area contributed by atoms with E-state index in [-0.39, 0.29) is 6.54 Å². The zero-order chi connectivity index (χ0) is 23.2. The summed E-state index contributed by atoms with van der Waals surface area (Å²) in [5, 5.41) is 14.6. The zero-order valence-electron chi connectivity index (χ0n) is 18.5. The van der Waals surface area contributed by atoms with Crippen LogP contribution in [0.3, 0.4) is 0 Å². The van der Waals surface area contributed by atoms with E-state index in [1.165, 1.54) is 36.7 Å². The second-order valence-electron chi connectivity index (χ2n) is 7.50.